The first-order valence-corrected chi connectivity index (χ1v) is 13.2. The number of carbonyl (C=O) groups excluding carboxylic acids is 1. The van der Waals surface area contributed by atoms with Crippen molar-refractivity contribution in [2.75, 3.05) is 43.3 Å². The van der Waals surface area contributed by atoms with Crippen molar-refractivity contribution in [2.45, 2.75) is 11.8 Å². The number of carbonyl (C=O) groups is 1. The molecule has 3 rings (SSSR count). The molecule has 11 heteroatoms. The van der Waals surface area contributed by atoms with Gasteiger partial charge in [0, 0.05) is 31.2 Å². The highest BCUT2D eigenvalue weighted by Crippen LogP contribution is 2.23. The Morgan fingerprint density at radius 1 is 1.00 bits per heavy atom. The third-order valence-corrected chi connectivity index (χ3v) is 8.31. The lowest BCUT2D eigenvalue weighted by molar-refractivity contribution is -0.130. The summed E-state index contributed by atoms with van der Waals surface area (Å²) >= 11 is 5.96. The Labute approximate surface area is 188 Å². The van der Waals surface area contributed by atoms with E-state index in [1.807, 2.05) is 6.92 Å². The molecule has 2 aromatic carbocycles. The smallest absolute Gasteiger partial charge is 0.243 e. The van der Waals surface area contributed by atoms with E-state index in [2.05, 4.69) is 0 Å². The SMILES string of the molecule is Cc1ccc(S(=O)(=O)N2CCN(C(=O)CN(c3cccc(Cl)c3)S(C)(=O)=O)CC2)cc1. The van der Waals surface area contributed by atoms with Gasteiger partial charge >= 0.3 is 0 Å². The standard InChI is InChI=1S/C20H24ClN3O5S2/c1-16-6-8-19(9-7-16)31(28,29)23-12-10-22(11-13-23)20(25)15-24(30(2,26)27)18-5-3-4-17(21)14-18/h3-9,14H,10-13,15H2,1-2H3. The Morgan fingerprint density at radius 2 is 1.61 bits per heavy atom. The van der Waals surface area contributed by atoms with Crippen LogP contribution in [0.2, 0.25) is 5.02 Å². The molecule has 1 amide bonds. The summed E-state index contributed by atoms with van der Waals surface area (Å²) in [6.45, 7) is 2.12. The van der Waals surface area contributed by atoms with Crippen LogP contribution in [0.3, 0.4) is 0 Å². The molecule has 1 aliphatic rings. The number of nitrogens with zero attached hydrogens (tertiary/aromatic N) is 3. The first kappa shape index (κ1) is 23.5. The zero-order chi connectivity index (χ0) is 22.8. The van der Waals surface area contributed by atoms with E-state index < -0.39 is 26.0 Å². The van der Waals surface area contributed by atoms with Crippen LogP contribution in [0.25, 0.3) is 0 Å². The highest BCUT2D eigenvalue weighted by atomic mass is 35.5. The minimum Gasteiger partial charge on any atom is -0.338 e. The number of piperazine rings is 1. The van der Waals surface area contributed by atoms with E-state index in [4.69, 9.17) is 11.6 Å². The topological polar surface area (TPSA) is 95.1 Å². The molecule has 31 heavy (non-hydrogen) atoms. The Kier molecular flexibility index (Phi) is 6.95. The van der Waals surface area contributed by atoms with Crippen LogP contribution in [0.4, 0.5) is 5.69 Å². The summed E-state index contributed by atoms with van der Waals surface area (Å²) in [5.74, 6) is -0.405. The van der Waals surface area contributed by atoms with Crippen LogP contribution in [0.5, 0.6) is 0 Å². The van der Waals surface area contributed by atoms with E-state index in [-0.39, 0.29) is 37.6 Å². The second kappa shape index (κ2) is 9.15. The van der Waals surface area contributed by atoms with Gasteiger partial charge in [-0.25, -0.2) is 16.8 Å². The number of anilines is 1. The first-order chi connectivity index (χ1) is 14.5. The summed E-state index contributed by atoms with van der Waals surface area (Å²) in [7, 11) is -7.37. The molecule has 8 nitrogen and oxygen atoms in total. The van der Waals surface area contributed by atoms with E-state index in [1.54, 1.807) is 42.5 Å². The Hall–Kier alpha value is -2.14. The van der Waals surface area contributed by atoms with Crippen molar-refractivity contribution in [3.8, 4) is 0 Å². The predicted octanol–water partition coefficient (Wildman–Crippen LogP) is 1.95. The maximum absolute atomic E-state index is 12.8. The number of sulfonamides is 2. The van der Waals surface area contributed by atoms with E-state index in [0.29, 0.717) is 10.7 Å². The van der Waals surface area contributed by atoms with E-state index in [0.717, 1.165) is 16.1 Å². The fourth-order valence-corrected chi connectivity index (χ4v) is 5.74. The molecule has 0 aromatic heterocycles. The number of halogens is 1. The molecule has 1 saturated heterocycles. The molecule has 0 aliphatic carbocycles. The molecule has 0 atom stereocenters. The van der Waals surface area contributed by atoms with Crippen LogP contribution >= 0.6 is 11.6 Å². The summed E-state index contributed by atoms with van der Waals surface area (Å²) in [5.41, 5.74) is 1.26. The number of hydrogen-bond donors (Lipinski definition) is 0. The molecule has 1 fully saturated rings. The molecule has 1 aliphatic heterocycles. The molecule has 0 bridgehead atoms. The maximum atomic E-state index is 12.8. The summed E-state index contributed by atoms with van der Waals surface area (Å²) in [6, 6.07) is 12.9. The first-order valence-electron chi connectivity index (χ1n) is 9.56. The molecule has 0 radical (unpaired) electrons. The third kappa shape index (κ3) is 5.57. The Morgan fingerprint density at radius 3 is 2.16 bits per heavy atom. The Balaban J connectivity index is 1.68. The van der Waals surface area contributed by atoms with Gasteiger partial charge in [-0.15, -0.1) is 0 Å². The van der Waals surface area contributed by atoms with E-state index in [1.165, 1.54) is 15.3 Å². The quantitative estimate of drug-likeness (QED) is 0.623. The highest BCUT2D eigenvalue weighted by molar-refractivity contribution is 7.92. The van der Waals surface area contributed by atoms with Crippen molar-refractivity contribution in [3.05, 3.63) is 59.1 Å². The third-order valence-electron chi connectivity index (χ3n) is 5.03. The molecule has 2 aromatic rings. The van der Waals surface area contributed by atoms with Crippen LogP contribution in [-0.2, 0) is 24.8 Å². The van der Waals surface area contributed by atoms with Gasteiger partial charge in [0.05, 0.1) is 16.8 Å². The largest absolute Gasteiger partial charge is 0.338 e. The molecule has 168 valence electrons. The summed E-state index contributed by atoms with van der Waals surface area (Å²) in [6.07, 6.45) is 1.02. The molecule has 0 spiro atoms. The number of hydrogen-bond acceptors (Lipinski definition) is 5. The average molecular weight is 486 g/mol. The lowest BCUT2D eigenvalue weighted by Gasteiger charge is -2.35. The minimum absolute atomic E-state index is 0.137. The maximum Gasteiger partial charge on any atom is 0.243 e. The zero-order valence-electron chi connectivity index (χ0n) is 17.2. The van der Waals surface area contributed by atoms with Crippen LogP contribution in [-0.4, -0.2) is 70.9 Å². The number of amides is 1. The van der Waals surface area contributed by atoms with Crippen LogP contribution < -0.4 is 4.31 Å². The van der Waals surface area contributed by atoms with Gasteiger partial charge < -0.3 is 4.90 Å². The van der Waals surface area contributed by atoms with Crippen LogP contribution in [0, 0.1) is 6.92 Å². The van der Waals surface area contributed by atoms with Gasteiger partial charge in [-0.1, -0.05) is 35.4 Å². The zero-order valence-corrected chi connectivity index (χ0v) is 19.6. The number of rotatable bonds is 6. The Bertz CT molecular complexity index is 1160. The van der Waals surface area contributed by atoms with Gasteiger partial charge in [0.1, 0.15) is 6.54 Å². The molecular weight excluding hydrogens is 462 g/mol. The minimum atomic E-state index is -3.72. The van der Waals surface area contributed by atoms with Crippen molar-refractivity contribution in [1.82, 2.24) is 9.21 Å². The summed E-state index contributed by atoms with van der Waals surface area (Å²) < 4.78 is 52.5. The second-order valence-electron chi connectivity index (χ2n) is 7.35. The molecule has 0 unspecified atom stereocenters. The number of aryl methyl sites for hydroxylation is 1. The lowest BCUT2D eigenvalue weighted by atomic mass is 10.2. The van der Waals surface area contributed by atoms with Gasteiger partial charge in [-0.2, -0.15) is 4.31 Å². The van der Waals surface area contributed by atoms with Gasteiger partial charge in [-0.05, 0) is 37.3 Å². The van der Waals surface area contributed by atoms with E-state index in [9.17, 15) is 21.6 Å². The normalized spacial score (nSPS) is 15.6. The predicted molar refractivity (Wildman–Crippen MR) is 120 cm³/mol. The van der Waals surface area contributed by atoms with Crippen molar-refractivity contribution < 1.29 is 21.6 Å². The van der Waals surface area contributed by atoms with E-state index >= 15 is 0 Å². The molecule has 0 N–H and O–H groups in total. The summed E-state index contributed by atoms with van der Waals surface area (Å²) in [5, 5.41) is 0.355. The average Bonchev–Trinajstić information content (AvgIpc) is 2.71. The van der Waals surface area contributed by atoms with Crippen LogP contribution in [0.1, 0.15) is 5.56 Å². The fourth-order valence-electron chi connectivity index (χ4n) is 3.29. The van der Waals surface area contributed by atoms with Crippen molar-refractivity contribution >= 4 is 43.2 Å². The van der Waals surface area contributed by atoms with Gasteiger partial charge in [0.15, 0.2) is 0 Å². The lowest BCUT2D eigenvalue weighted by Crippen LogP contribution is -2.53. The second-order valence-corrected chi connectivity index (χ2v) is 11.6. The molecule has 0 saturated carbocycles. The van der Waals surface area contributed by atoms with Crippen molar-refractivity contribution in [1.29, 1.82) is 0 Å². The fraction of sp³-hybridized carbons (Fsp3) is 0.350. The van der Waals surface area contributed by atoms with Crippen molar-refractivity contribution in [2.24, 2.45) is 0 Å². The van der Waals surface area contributed by atoms with Crippen molar-refractivity contribution in [3.63, 3.8) is 0 Å². The monoisotopic (exact) mass is 485 g/mol. The summed E-state index contributed by atoms with van der Waals surface area (Å²) in [4.78, 5) is 14.5. The molecule has 1 heterocycles. The van der Waals surface area contributed by atoms with Gasteiger partial charge in [0.25, 0.3) is 0 Å². The van der Waals surface area contributed by atoms with Gasteiger partial charge in [0.2, 0.25) is 26.0 Å². The number of benzene rings is 2. The highest BCUT2D eigenvalue weighted by Gasteiger charge is 2.31. The van der Waals surface area contributed by atoms with Crippen LogP contribution in [0.15, 0.2) is 53.4 Å². The molecular formula is C20H24ClN3O5S2. The van der Waals surface area contributed by atoms with Gasteiger partial charge in [-0.3, -0.25) is 9.10 Å².